The molecule has 0 unspecified atom stereocenters. The molecule has 240 valence electrons. The molecule has 3 atom stereocenters. The van der Waals surface area contributed by atoms with Crippen molar-refractivity contribution in [1.82, 2.24) is 14.9 Å². The molecule has 1 saturated heterocycles. The van der Waals surface area contributed by atoms with Crippen LogP contribution in [-0.2, 0) is 14.8 Å². The van der Waals surface area contributed by atoms with E-state index in [9.17, 15) is 22.0 Å². The first-order valence-corrected chi connectivity index (χ1v) is 16.6. The molecule has 1 aliphatic rings. The predicted molar refractivity (Wildman–Crippen MR) is 172 cm³/mol. The lowest BCUT2D eigenvalue weighted by atomic mass is 9.84. The molecule has 4 rings (SSSR count). The van der Waals surface area contributed by atoms with Gasteiger partial charge in [-0.15, -0.1) is 0 Å². The van der Waals surface area contributed by atoms with Crippen LogP contribution in [0.1, 0.15) is 55.2 Å². The number of piperazine rings is 1. The maximum absolute atomic E-state index is 14.4. The van der Waals surface area contributed by atoms with Gasteiger partial charge in [-0.25, -0.2) is 17.2 Å². The summed E-state index contributed by atoms with van der Waals surface area (Å²) in [5, 5.41) is 14.2. The van der Waals surface area contributed by atoms with E-state index in [2.05, 4.69) is 10.6 Å². The first-order valence-electron chi connectivity index (χ1n) is 15.1. The Morgan fingerprint density at radius 2 is 1.80 bits per heavy atom. The molecule has 1 heterocycles. The Labute approximate surface area is 264 Å². The second kappa shape index (κ2) is 15.5. The molecule has 0 bridgehead atoms. The van der Waals surface area contributed by atoms with E-state index < -0.39 is 39.5 Å². The van der Waals surface area contributed by atoms with Gasteiger partial charge in [0.25, 0.3) is 0 Å². The minimum atomic E-state index is -3.65. The van der Waals surface area contributed by atoms with E-state index in [1.165, 1.54) is 36.4 Å². The summed E-state index contributed by atoms with van der Waals surface area (Å²) in [6, 6.07) is 17.0. The molecule has 0 aliphatic carbocycles. The van der Waals surface area contributed by atoms with Crippen molar-refractivity contribution in [2.24, 2.45) is 5.73 Å². The largest absolute Gasteiger partial charge is 0.323 e. The predicted octanol–water partition coefficient (Wildman–Crippen LogP) is 5.00. The summed E-state index contributed by atoms with van der Waals surface area (Å²) in [4.78, 5) is 13.8. The van der Waals surface area contributed by atoms with Crippen molar-refractivity contribution in [3.8, 4) is 0 Å². The van der Waals surface area contributed by atoms with Crippen molar-refractivity contribution in [3.63, 3.8) is 0 Å². The number of rotatable bonds is 13. The van der Waals surface area contributed by atoms with Gasteiger partial charge in [0.1, 0.15) is 11.6 Å². The van der Waals surface area contributed by atoms with E-state index in [0.29, 0.717) is 67.7 Å². The smallest absolute Gasteiger partial charge is 0.243 e. The number of sulfonamides is 1. The Morgan fingerprint density at radius 1 is 1.09 bits per heavy atom. The molecule has 3 aromatic rings. The highest BCUT2D eigenvalue weighted by molar-refractivity contribution is 7.89. The average molecular weight is 638 g/mol. The third-order valence-electron chi connectivity index (χ3n) is 8.19. The van der Waals surface area contributed by atoms with Crippen LogP contribution in [0.2, 0.25) is 0 Å². The third kappa shape index (κ3) is 8.49. The normalized spacial score (nSPS) is 17.7. The van der Waals surface area contributed by atoms with Crippen LogP contribution in [-0.4, -0.2) is 56.6 Å². The van der Waals surface area contributed by atoms with Gasteiger partial charge in [-0.3, -0.25) is 4.79 Å². The number of hydrogen-bond donors (Lipinski definition) is 4. The fraction of sp³-hybridized carbons (Fsp3) is 0.353. The topological polar surface area (TPSA) is 128 Å². The molecule has 0 aromatic heterocycles. The monoisotopic (exact) mass is 637 g/mol. The van der Waals surface area contributed by atoms with Crippen LogP contribution >= 0.6 is 0 Å². The minimum Gasteiger partial charge on any atom is -0.323 e. The number of hydrogen-bond acceptors (Lipinski definition) is 6. The number of benzene rings is 3. The fourth-order valence-electron chi connectivity index (χ4n) is 5.90. The van der Waals surface area contributed by atoms with Crippen molar-refractivity contribution < 1.29 is 22.0 Å². The third-order valence-corrected chi connectivity index (χ3v) is 10.2. The zero-order valence-electron chi connectivity index (χ0n) is 25.6. The van der Waals surface area contributed by atoms with Crippen molar-refractivity contribution in [3.05, 3.63) is 112 Å². The molecule has 8 nitrogen and oxygen atoms in total. The molecule has 0 radical (unpaired) electrons. The molecule has 1 aliphatic heterocycles. The van der Waals surface area contributed by atoms with E-state index in [4.69, 9.17) is 11.1 Å². The van der Waals surface area contributed by atoms with Gasteiger partial charge in [0.2, 0.25) is 15.9 Å². The second-order valence-corrected chi connectivity index (χ2v) is 13.2. The molecular weight excluding hydrogens is 596 g/mol. The van der Waals surface area contributed by atoms with Gasteiger partial charge in [0, 0.05) is 37.8 Å². The fourth-order valence-corrected chi connectivity index (χ4v) is 7.58. The number of nitrogens with zero attached hydrogens (tertiary/aromatic N) is 1. The number of nitrogens with one attached hydrogen (secondary N) is 3. The maximum atomic E-state index is 14.4. The summed E-state index contributed by atoms with van der Waals surface area (Å²) in [6.45, 7) is 5.14. The Morgan fingerprint density at radius 3 is 2.44 bits per heavy atom. The molecule has 5 N–H and O–H groups in total. The van der Waals surface area contributed by atoms with Gasteiger partial charge >= 0.3 is 0 Å². The highest BCUT2D eigenvalue weighted by Crippen LogP contribution is 2.30. The number of amides is 1. The lowest BCUT2D eigenvalue weighted by Gasteiger charge is -2.35. The van der Waals surface area contributed by atoms with Gasteiger partial charge in [-0.05, 0) is 91.3 Å². The van der Waals surface area contributed by atoms with Gasteiger partial charge in [-0.2, -0.15) is 4.31 Å². The quantitative estimate of drug-likeness (QED) is 0.196. The standard InChI is InChI=1S/C34H41F2N5O3S/c1-3-24(8-7-9-29-22-39-16-17-41(29)45(43,44)30-10-5-4-6-11-30)31(21-37)40-34(42)33(38)32(25-12-14-27(35)15-13-25)26-18-23(2)19-28(36)20-26/h4-6,10-15,18-21,29,32-33,37,39H,3,7-9,16-17,22,38H2,1-2H3,(H,40,42)/b31-24-,37-21?/t29-,32-,33-/m0/s1. The first kappa shape index (κ1) is 34.1. The maximum Gasteiger partial charge on any atom is 0.243 e. The van der Waals surface area contributed by atoms with Crippen molar-refractivity contribution in [1.29, 1.82) is 5.41 Å². The summed E-state index contributed by atoms with van der Waals surface area (Å²) < 4.78 is 56.4. The van der Waals surface area contributed by atoms with Crippen LogP contribution < -0.4 is 16.4 Å². The van der Waals surface area contributed by atoms with Gasteiger partial charge in [0.15, 0.2) is 0 Å². The summed E-state index contributed by atoms with van der Waals surface area (Å²) in [6.07, 6.45) is 3.40. The van der Waals surface area contributed by atoms with Crippen molar-refractivity contribution in [2.45, 2.75) is 62.4 Å². The molecular formula is C34H41F2N5O3S. The number of nitrogens with two attached hydrogens (primary N) is 1. The summed E-state index contributed by atoms with van der Waals surface area (Å²) >= 11 is 0. The second-order valence-electron chi connectivity index (χ2n) is 11.3. The molecule has 3 aromatic carbocycles. The van der Waals surface area contributed by atoms with Gasteiger partial charge in [0.05, 0.1) is 16.6 Å². The van der Waals surface area contributed by atoms with E-state index in [1.807, 2.05) is 6.92 Å². The summed E-state index contributed by atoms with van der Waals surface area (Å²) in [5.41, 5.74) is 9.35. The van der Waals surface area contributed by atoms with Crippen LogP contribution in [0.3, 0.4) is 0 Å². The lowest BCUT2D eigenvalue weighted by molar-refractivity contribution is -0.121. The number of aryl methyl sites for hydroxylation is 1. The Balaban J connectivity index is 1.49. The van der Waals surface area contributed by atoms with Crippen LogP contribution in [0.15, 0.2) is 89.0 Å². The summed E-state index contributed by atoms with van der Waals surface area (Å²) in [5.74, 6) is -2.25. The molecule has 45 heavy (non-hydrogen) atoms. The number of allylic oxidation sites excluding steroid dienone is 2. The Bertz CT molecular complexity index is 1590. The summed E-state index contributed by atoms with van der Waals surface area (Å²) in [7, 11) is -3.65. The van der Waals surface area contributed by atoms with E-state index >= 15 is 0 Å². The van der Waals surface area contributed by atoms with E-state index in [0.717, 1.165) is 11.8 Å². The van der Waals surface area contributed by atoms with Gasteiger partial charge in [-0.1, -0.05) is 43.3 Å². The number of carbonyl (C=O) groups excluding carboxylic acids is 1. The van der Waals surface area contributed by atoms with Crippen LogP contribution in [0.4, 0.5) is 8.78 Å². The highest BCUT2D eigenvalue weighted by Gasteiger charge is 2.33. The lowest BCUT2D eigenvalue weighted by Crippen LogP contribution is -2.53. The molecule has 0 spiro atoms. The van der Waals surface area contributed by atoms with E-state index in [-0.39, 0.29) is 10.9 Å². The average Bonchev–Trinajstić information content (AvgIpc) is 3.03. The van der Waals surface area contributed by atoms with Crippen molar-refractivity contribution in [2.75, 3.05) is 19.6 Å². The van der Waals surface area contributed by atoms with E-state index in [1.54, 1.807) is 47.6 Å². The van der Waals surface area contributed by atoms with Crippen molar-refractivity contribution >= 4 is 22.1 Å². The molecule has 1 fully saturated rings. The first-order chi connectivity index (χ1) is 21.5. The van der Waals surface area contributed by atoms with Gasteiger partial charge < -0.3 is 21.8 Å². The molecule has 0 saturated carbocycles. The minimum absolute atomic E-state index is 0.236. The Hall–Kier alpha value is -3.77. The Kier molecular flexibility index (Phi) is 11.7. The van der Waals surface area contributed by atoms with Crippen LogP contribution in [0.5, 0.6) is 0 Å². The number of halogens is 2. The molecule has 11 heteroatoms. The SMILES string of the molecule is CC/C(CCC[C@H]1CNCCN1S(=O)(=O)c1ccccc1)=C(\C=N)NC(=O)[C@@H](N)[C@@H](c1ccc(F)cc1)c1cc(C)cc(F)c1. The number of carbonyl (C=O) groups is 1. The highest BCUT2D eigenvalue weighted by atomic mass is 32.2. The zero-order valence-corrected chi connectivity index (χ0v) is 26.4. The van der Waals surface area contributed by atoms with Crippen LogP contribution in [0, 0.1) is 24.0 Å². The zero-order chi connectivity index (χ0) is 32.6. The van der Waals surface area contributed by atoms with Crippen LogP contribution in [0.25, 0.3) is 0 Å². The molecule has 1 amide bonds.